The highest BCUT2D eigenvalue weighted by molar-refractivity contribution is 5.63. The fraction of sp³-hybridized carbons (Fsp3) is 0.250. The van der Waals surface area contributed by atoms with E-state index in [9.17, 15) is 4.79 Å². The highest BCUT2D eigenvalue weighted by Gasteiger charge is 1.70. The minimum Gasteiger partial charge on any atom is -0.291 e. The van der Waals surface area contributed by atoms with Crippen LogP contribution in [0.2, 0.25) is 0 Å². The third kappa shape index (κ3) is 3.67. The average molecular weight is 69.1 g/mol. The maximum atomic E-state index is 9.19. The summed E-state index contributed by atoms with van der Waals surface area (Å²) in [6.45, 7) is 1.77. The third-order valence-corrected chi connectivity index (χ3v) is 0.235. The summed E-state index contributed by atoms with van der Waals surface area (Å²) < 4.78 is 0. The van der Waals surface area contributed by atoms with Crippen molar-refractivity contribution in [1.82, 2.24) is 0 Å². The van der Waals surface area contributed by atoms with Gasteiger partial charge >= 0.3 is 0 Å². The van der Waals surface area contributed by atoms with Crippen LogP contribution >= 0.6 is 0 Å². The first-order valence-corrected chi connectivity index (χ1v) is 1.40. The molecular formula is C4H5O. The van der Waals surface area contributed by atoms with Gasteiger partial charge in [0.15, 0.2) is 0 Å². The standard InChI is InChI=1S/C4H5O/c1-2-3-4-5/h2-3H,1H3. The van der Waals surface area contributed by atoms with Crippen LogP contribution in [0.25, 0.3) is 0 Å². The number of carbonyl (C=O) groups excluding carboxylic acids is 1. The zero-order valence-corrected chi connectivity index (χ0v) is 3.06. The monoisotopic (exact) mass is 69.0 g/mol. The highest BCUT2D eigenvalue weighted by atomic mass is 16.1. The summed E-state index contributed by atoms with van der Waals surface area (Å²) in [5, 5.41) is 0. The van der Waals surface area contributed by atoms with Crippen LogP contribution in [0.4, 0.5) is 0 Å². The Labute approximate surface area is 32.0 Å². The van der Waals surface area contributed by atoms with Crippen LogP contribution in [0, 0.1) is 12.8 Å². The lowest BCUT2D eigenvalue weighted by molar-refractivity contribution is 0.561. The van der Waals surface area contributed by atoms with Crippen molar-refractivity contribution in [2.45, 2.75) is 6.92 Å². The Morgan fingerprint density at radius 2 is 2.40 bits per heavy atom. The Morgan fingerprint density at radius 3 is 2.40 bits per heavy atom. The van der Waals surface area contributed by atoms with E-state index in [0.29, 0.717) is 0 Å². The molecule has 0 spiro atoms. The topological polar surface area (TPSA) is 17.1 Å². The van der Waals surface area contributed by atoms with Gasteiger partial charge in [-0.3, -0.25) is 4.79 Å². The second-order valence-electron chi connectivity index (χ2n) is 0.618. The Kier molecular flexibility index (Phi) is 3.43. The van der Waals surface area contributed by atoms with Crippen LogP contribution in [0.5, 0.6) is 0 Å². The van der Waals surface area contributed by atoms with E-state index in [1.54, 1.807) is 19.6 Å². The van der Waals surface area contributed by atoms with Crippen molar-refractivity contribution < 1.29 is 4.79 Å². The van der Waals surface area contributed by atoms with Crippen molar-refractivity contribution in [3.05, 3.63) is 12.8 Å². The predicted octanol–water partition coefficient (Wildman–Crippen LogP) is 0.525. The quantitative estimate of drug-likeness (QED) is 0.462. The summed E-state index contributed by atoms with van der Waals surface area (Å²) in [7, 11) is 0. The van der Waals surface area contributed by atoms with Gasteiger partial charge in [0.05, 0.1) is 0 Å². The van der Waals surface area contributed by atoms with Gasteiger partial charge in [0.1, 0.15) is 0 Å². The van der Waals surface area contributed by atoms with Gasteiger partial charge < -0.3 is 0 Å². The molecular weight excluding hydrogens is 64.0 g/mol. The van der Waals surface area contributed by atoms with Crippen molar-refractivity contribution >= 4 is 6.29 Å². The minimum atomic E-state index is 1.32. The summed E-state index contributed by atoms with van der Waals surface area (Å²) >= 11 is 0. The molecule has 0 aromatic carbocycles. The summed E-state index contributed by atoms with van der Waals surface area (Å²) in [6, 6.07) is 0. The largest absolute Gasteiger partial charge is 0.291 e. The number of hydrogen-bond donors (Lipinski definition) is 0. The molecule has 0 atom stereocenters. The minimum absolute atomic E-state index is 1.32. The van der Waals surface area contributed by atoms with Crippen molar-refractivity contribution in [3.63, 3.8) is 0 Å². The van der Waals surface area contributed by atoms with E-state index in [1.807, 2.05) is 0 Å². The molecule has 0 rings (SSSR count). The van der Waals surface area contributed by atoms with Gasteiger partial charge in [-0.1, -0.05) is 6.92 Å². The molecule has 3 radical (unpaired) electrons. The van der Waals surface area contributed by atoms with Crippen LogP contribution in [0.1, 0.15) is 6.92 Å². The SMILES string of the molecule is C[CH][CH][C]=O. The van der Waals surface area contributed by atoms with E-state index in [2.05, 4.69) is 0 Å². The summed E-state index contributed by atoms with van der Waals surface area (Å²) in [6.07, 6.45) is 4.54. The van der Waals surface area contributed by atoms with Gasteiger partial charge in [0.2, 0.25) is 6.29 Å². The van der Waals surface area contributed by atoms with Crippen molar-refractivity contribution in [3.8, 4) is 0 Å². The van der Waals surface area contributed by atoms with Crippen LogP contribution < -0.4 is 0 Å². The summed E-state index contributed by atoms with van der Waals surface area (Å²) in [5.41, 5.74) is 0. The molecule has 0 saturated heterocycles. The molecule has 0 fully saturated rings. The molecule has 0 aliphatic rings. The molecule has 1 heteroatoms. The molecule has 0 aromatic rings. The first-order valence-electron chi connectivity index (χ1n) is 1.40. The van der Waals surface area contributed by atoms with Crippen molar-refractivity contribution in [2.75, 3.05) is 0 Å². The zero-order valence-electron chi connectivity index (χ0n) is 3.06. The van der Waals surface area contributed by atoms with Crippen LogP contribution in [-0.2, 0) is 4.79 Å². The number of unbranched alkanes of at least 4 members (excludes halogenated alkanes) is 1. The highest BCUT2D eigenvalue weighted by Crippen LogP contribution is 1.70. The zero-order chi connectivity index (χ0) is 4.12. The first-order chi connectivity index (χ1) is 2.41. The molecule has 0 heterocycles. The molecule has 0 unspecified atom stereocenters. The molecule has 5 heavy (non-hydrogen) atoms. The Morgan fingerprint density at radius 1 is 1.80 bits per heavy atom. The van der Waals surface area contributed by atoms with E-state index in [1.165, 1.54) is 6.42 Å². The van der Waals surface area contributed by atoms with Crippen molar-refractivity contribution in [1.29, 1.82) is 0 Å². The predicted molar refractivity (Wildman–Crippen MR) is 20.0 cm³/mol. The molecule has 0 aliphatic carbocycles. The molecule has 0 aliphatic heterocycles. The first kappa shape index (κ1) is 4.67. The van der Waals surface area contributed by atoms with Gasteiger partial charge in [0, 0.05) is 6.42 Å². The summed E-state index contributed by atoms with van der Waals surface area (Å²) in [4.78, 5) is 9.19. The van der Waals surface area contributed by atoms with Crippen LogP contribution in [0.3, 0.4) is 0 Å². The van der Waals surface area contributed by atoms with E-state index in [4.69, 9.17) is 0 Å². The van der Waals surface area contributed by atoms with Gasteiger partial charge in [-0.25, -0.2) is 0 Å². The maximum absolute atomic E-state index is 9.19. The fourth-order valence-electron chi connectivity index (χ4n) is 0.0680. The lowest BCUT2D eigenvalue weighted by atomic mass is 10.4. The average Bonchev–Trinajstić information content (AvgIpc) is 1.41. The van der Waals surface area contributed by atoms with E-state index in [-0.39, 0.29) is 0 Å². The van der Waals surface area contributed by atoms with Gasteiger partial charge in [0.25, 0.3) is 0 Å². The Bertz CT molecular complexity index is 24.8. The molecule has 0 saturated carbocycles. The fourth-order valence-corrected chi connectivity index (χ4v) is 0.0680. The normalized spacial score (nSPS) is 7.40. The van der Waals surface area contributed by atoms with Gasteiger partial charge in [-0.2, -0.15) is 0 Å². The Balaban J connectivity index is 2.40. The van der Waals surface area contributed by atoms with Gasteiger partial charge in [-0.05, 0) is 6.42 Å². The van der Waals surface area contributed by atoms with Crippen LogP contribution in [0.15, 0.2) is 0 Å². The van der Waals surface area contributed by atoms with Gasteiger partial charge in [-0.15, -0.1) is 0 Å². The van der Waals surface area contributed by atoms with E-state index >= 15 is 0 Å². The Hall–Kier alpha value is -0.330. The number of rotatable bonds is 2. The third-order valence-electron chi connectivity index (χ3n) is 0.235. The van der Waals surface area contributed by atoms with Crippen LogP contribution in [-0.4, -0.2) is 6.29 Å². The maximum Gasteiger partial charge on any atom is 0.202 e. The molecule has 0 amide bonds. The molecule has 0 bridgehead atoms. The summed E-state index contributed by atoms with van der Waals surface area (Å²) in [5.74, 6) is 0. The molecule has 0 N–H and O–H groups in total. The van der Waals surface area contributed by atoms with Crippen molar-refractivity contribution in [2.24, 2.45) is 0 Å². The van der Waals surface area contributed by atoms with E-state index < -0.39 is 0 Å². The molecule has 27 valence electrons. The lowest BCUT2D eigenvalue weighted by Crippen LogP contribution is -1.68. The second-order valence-corrected chi connectivity index (χ2v) is 0.618. The molecule has 0 aromatic heterocycles. The molecule has 1 nitrogen and oxygen atoms in total. The lowest BCUT2D eigenvalue weighted by Gasteiger charge is -1.65. The smallest absolute Gasteiger partial charge is 0.202 e. The second kappa shape index (κ2) is 3.67. The number of hydrogen-bond acceptors (Lipinski definition) is 1. The van der Waals surface area contributed by atoms with E-state index in [0.717, 1.165) is 0 Å².